The summed E-state index contributed by atoms with van der Waals surface area (Å²) in [4.78, 5) is 0. The Kier molecular flexibility index (Phi) is 3.18. The molecular formula is C4H7N. The molecule has 0 aliphatic rings. The predicted octanol–water partition coefficient (Wildman–Crippen LogP) is -0.0316. The maximum absolute atomic E-state index is 4.97. The first-order chi connectivity index (χ1) is 2.41. The van der Waals surface area contributed by atoms with E-state index < -0.39 is 0 Å². The lowest BCUT2D eigenvalue weighted by atomic mass is 10.6. The summed E-state index contributed by atoms with van der Waals surface area (Å²) in [5, 5.41) is 0. The Morgan fingerprint density at radius 3 is 2.40 bits per heavy atom. The lowest BCUT2D eigenvalue weighted by molar-refractivity contribution is 1.30. The minimum absolute atomic E-state index is 0.483. The van der Waals surface area contributed by atoms with E-state index in [4.69, 9.17) is 5.73 Å². The summed E-state index contributed by atoms with van der Waals surface area (Å²) in [6.45, 7) is 2.25. The minimum atomic E-state index is 0.483. The summed E-state index contributed by atoms with van der Waals surface area (Å²) in [5.41, 5.74) is 4.97. The van der Waals surface area contributed by atoms with Crippen LogP contribution in [0.5, 0.6) is 0 Å². The van der Waals surface area contributed by atoms with Gasteiger partial charge in [-0.25, -0.2) is 0 Å². The van der Waals surface area contributed by atoms with Crippen LogP contribution in [0.15, 0.2) is 0 Å². The predicted molar refractivity (Wildman–Crippen MR) is 22.5 cm³/mol. The molecule has 0 radical (unpaired) electrons. The normalized spacial score (nSPS) is 5.20. The van der Waals surface area contributed by atoms with Crippen LogP contribution in [-0.2, 0) is 0 Å². The van der Waals surface area contributed by atoms with Crippen molar-refractivity contribution in [3.8, 4) is 11.8 Å². The quantitative estimate of drug-likeness (QED) is 0.397. The van der Waals surface area contributed by atoms with Gasteiger partial charge in [-0.3, -0.25) is 0 Å². The van der Waals surface area contributed by atoms with Crippen LogP contribution in [0.2, 0.25) is 0 Å². The van der Waals surface area contributed by atoms with Crippen molar-refractivity contribution in [3.63, 3.8) is 0 Å². The molecule has 0 rings (SSSR count). The molecule has 0 fully saturated rings. The van der Waals surface area contributed by atoms with E-state index in [0.717, 1.165) is 0 Å². The van der Waals surface area contributed by atoms with E-state index in [1.54, 1.807) is 6.92 Å². The van der Waals surface area contributed by atoms with E-state index in [9.17, 15) is 0 Å². The highest BCUT2D eigenvalue weighted by molar-refractivity contribution is 4.95. The van der Waals surface area contributed by atoms with Crippen LogP contribution in [-0.4, -0.2) is 6.54 Å². The topological polar surface area (TPSA) is 26.0 Å². The zero-order valence-electron chi connectivity index (χ0n) is 3.28. The Hall–Kier alpha value is -0.480. The van der Waals surface area contributed by atoms with Crippen molar-refractivity contribution in [1.29, 1.82) is 0 Å². The second kappa shape index (κ2) is 3.52. The van der Waals surface area contributed by atoms with E-state index in [2.05, 4.69) is 11.8 Å². The molecule has 0 unspecified atom stereocenters. The highest BCUT2D eigenvalue weighted by Crippen LogP contribution is 1.40. The van der Waals surface area contributed by atoms with E-state index >= 15 is 0 Å². The zero-order valence-corrected chi connectivity index (χ0v) is 3.28. The van der Waals surface area contributed by atoms with Crippen LogP contribution < -0.4 is 5.73 Å². The molecule has 5 heavy (non-hydrogen) atoms. The molecule has 0 aliphatic carbocycles. The van der Waals surface area contributed by atoms with Crippen LogP contribution in [0.25, 0.3) is 0 Å². The van der Waals surface area contributed by atoms with E-state index in [0.29, 0.717) is 6.54 Å². The third kappa shape index (κ3) is 3.52. The van der Waals surface area contributed by atoms with Crippen molar-refractivity contribution in [3.05, 3.63) is 0 Å². The molecule has 1 nitrogen and oxygen atoms in total. The summed E-state index contributed by atoms with van der Waals surface area (Å²) >= 11 is 0. The van der Waals surface area contributed by atoms with Crippen LogP contribution in [0.4, 0.5) is 0 Å². The molecule has 28 valence electrons. The Bertz CT molecular complexity index is 55.8. The van der Waals surface area contributed by atoms with Crippen molar-refractivity contribution < 1.29 is 0 Å². The van der Waals surface area contributed by atoms with Gasteiger partial charge in [0.25, 0.3) is 0 Å². The lowest BCUT2D eigenvalue weighted by Gasteiger charge is -1.60. The van der Waals surface area contributed by atoms with Gasteiger partial charge in [-0.1, -0.05) is 5.92 Å². The Labute approximate surface area is 32.2 Å². The lowest BCUT2D eigenvalue weighted by Crippen LogP contribution is -1.91. The fourth-order valence-corrected chi connectivity index (χ4v) is 0.102. The highest BCUT2D eigenvalue weighted by atomic mass is 14.5. The number of rotatable bonds is 0. The second-order valence-electron chi connectivity index (χ2n) is 0.631. The third-order valence-corrected chi connectivity index (χ3v) is 0.279. The summed E-state index contributed by atoms with van der Waals surface area (Å²) in [5.74, 6) is 5.28. The largest absolute Gasteiger partial charge is 0.320 e. The van der Waals surface area contributed by atoms with Crippen molar-refractivity contribution in [2.24, 2.45) is 5.73 Å². The number of nitrogens with two attached hydrogens (primary N) is 1. The van der Waals surface area contributed by atoms with Crippen LogP contribution in [0, 0.1) is 11.8 Å². The maximum Gasteiger partial charge on any atom is 0.0551 e. The first kappa shape index (κ1) is 4.52. The maximum atomic E-state index is 4.97. The molecule has 0 saturated carbocycles. The first-order valence-corrected chi connectivity index (χ1v) is 1.51. The van der Waals surface area contributed by atoms with Gasteiger partial charge in [0.2, 0.25) is 0 Å². The zero-order chi connectivity index (χ0) is 4.12. The molecule has 0 aromatic carbocycles. The second-order valence-corrected chi connectivity index (χ2v) is 0.631. The molecule has 0 aliphatic heterocycles. The van der Waals surface area contributed by atoms with Gasteiger partial charge >= 0.3 is 0 Å². The molecule has 0 aromatic heterocycles. The van der Waals surface area contributed by atoms with Gasteiger partial charge in [0, 0.05) is 0 Å². The van der Waals surface area contributed by atoms with Crippen LogP contribution in [0.3, 0.4) is 0 Å². The summed E-state index contributed by atoms with van der Waals surface area (Å²) in [6, 6.07) is 0. The Balaban J connectivity index is 2.81. The fourth-order valence-electron chi connectivity index (χ4n) is 0.102. The molecule has 1 heteroatoms. The molecule has 2 N–H and O–H groups in total. The first-order valence-electron chi connectivity index (χ1n) is 1.51. The minimum Gasteiger partial charge on any atom is -0.320 e. The standard InChI is InChI=1S/C4H7N/c1-2-3-4-5/h4-5H2,1H3. The highest BCUT2D eigenvalue weighted by Gasteiger charge is 1.47. The van der Waals surface area contributed by atoms with Crippen molar-refractivity contribution in [1.82, 2.24) is 0 Å². The van der Waals surface area contributed by atoms with Crippen molar-refractivity contribution >= 4 is 0 Å². The number of hydrogen-bond acceptors (Lipinski definition) is 1. The molecule has 0 spiro atoms. The number of hydrogen-bond donors (Lipinski definition) is 1. The smallest absolute Gasteiger partial charge is 0.0551 e. The molecule has 0 heterocycles. The molecule has 0 aromatic rings. The molecule has 0 amide bonds. The molecular weight excluding hydrogens is 62.1 g/mol. The van der Waals surface area contributed by atoms with Gasteiger partial charge in [0.15, 0.2) is 0 Å². The van der Waals surface area contributed by atoms with Gasteiger partial charge in [-0.05, 0) is 6.92 Å². The molecule has 0 saturated heterocycles. The average molecular weight is 69.1 g/mol. The molecule has 0 atom stereocenters. The summed E-state index contributed by atoms with van der Waals surface area (Å²) < 4.78 is 0. The van der Waals surface area contributed by atoms with E-state index in [-0.39, 0.29) is 0 Å². The van der Waals surface area contributed by atoms with Crippen LogP contribution in [0.1, 0.15) is 6.92 Å². The third-order valence-electron chi connectivity index (χ3n) is 0.279. The SMILES string of the molecule is CC#CCN. The van der Waals surface area contributed by atoms with Gasteiger partial charge in [0.1, 0.15) is 0 Å². The monoisotopic (exact) mass is 69.1 g/mol. The Morgan fingerprint density at radius 1 is 1.80 bits per heavy atom. The summed E-state index contributed by atoms with van der Waals surface area (Å²) in [7, 11) is 0. The molecule has 0 bridgehead atoms. The van der Waals surface area contributed by atoms with Crippen molar-refractivity contribution in [2.45, 2.75) is 6.92 Å². The van der Waals surface area contributed by atoms with Crippen molar-refractivity contribution in [2.75, 3.05) is 6.54 Å². The van der Waals surface area contributed by atoms with Crippen LogP contribution >= 0.6 is 0 Å². The van der Waals surface area contributed by atoms with E-state index in [1.807, 2.05) is 0 Å². The van der Waals surface area contributed by atoms with Gasteiger partial charge in [-0.15, -0.1) is 5.92 Å². The van der Waals surface area contributed by atoms with E-state index in [1.165, 1.54) is 0 Å². The van der Waals surface area contributed by atoms with Gasteiger partial charge < -0.3 is 5.73 Å². The average Bonchev–Trinajstić information content (AvgIpc) is 1.41. The fraction of sp³-hybridized carbons (Fsp3) is 0.500. The summed E-state index contributed by atoms with van der Waals surface area (Å²) in [6.07, 6.45) is 0. The van der Waals surface area contributed by atoms with Gasteiger partial charge in [-0.2, -0.15) is 0 Å². The van der Waals surface area contributed by atoms with Gasteiger partial charge in [0.05, 0.1) is 6.54 Å². The Morgan fingerprint density at radius 2 is 2.40 bits per heavy atom.